The lowest BCUT2D eigenvalue weighted by atomic mass is 9.89. The Morgan fingerprint density at radius 2 is 1.78 bits per heavy atom. The summed E-state index contributed by atoms with van der Waals surface area (Å²) in [5.74, 6) is 1.51. The van der Waals surface area contributed by atoms with E-state index in [1.807, 2.05) is 18.3 Å². The highest BCUT2D eigenvalue weighted by Crippen LogP contribution is 2.31. The summed E-state index contributed by atoms with van der Waals surface area (Å²) >= 11 is 1.74. The average Bonchev–Trinajstić information content (AvgIpc) is 3.71. The highest BCUT2D eigenvalue weighted by Gasteiger charge is 2.23. The van der Waals surface area contributed by atoms with E-state index in [4.69, 9.17) is 13.9 Å². The molecule has 0 fully saturated rings. The van der Waals surface area contributed by atoms with Gasteiger partial charge < -0.3 is 13.9 Å². The molecule has 0 saturated heterocycles. The summed E-state index contributed by atoms with van der Waals surface area (Å²) in [6.07, 6.45) is 13.3. The van der Waals surface area contributed by atoms with Crippen molar-refractivity contribution in [3.8, 4) is 0 Å². The minimum Gasteiger partial charge on any atom is -0.449 e. The molecule has 6 aromatic rings. The number of imidazole rings is 1. The first-order valence-corrected chi connectivity index (χ1v) is 12.5. The molecule has 180 valence electrons. The topological polar surface area (TPSA) is 122 Å². The Morgan fingerprint density at radius 3 is 2.50 bits per heavy atom. The van der Waals surface area contributed by atoms with E-state index in [0.717, 1.165) is 46.1 Å². The van der Waals surface area contributed by atoms with E-state index in [0.29, 0.717) is 31.6 Å². The molecule has 0 aliphatic carbocycles. The van der Waals surface area contributed by atoms with Crippen LogP contribution >= 0.6 is 11.3 Å². The fraction of sp³-hybridized carbons (Fsp3) is 0.192. The molecule has 0 spiro atoms. The van der Waals surface area contributed by atoms with Gasteiger partial charge in [0.1, 0.15) is 18.4 Å². The van der Waals surface area contributed by atoms with Crippen LogP contribution in [-0.2, 0) is 32.1 Å². The number of nitrogens with zero attached hydrogens (tertiary/aromatic N) is 5. The highest BCUT2D eigenvalue weighted by atomic mass is 32.1. The van der Waals surface area contributed by atoms with Crippen LogP contribution < -0.4 is 0 Å². The second-order valence-electron chi connectivity index (χ2n) is 8.44. The molecule has 0 bridgehead atoms. The van der Waals surface area contributed by atoms with Gasteiger partial charge >= 0.3 is 0 Å². The molecule has 36 heavy (non-hydrogen) atoms. The molecule has 0 unspecified atom stereocenters. The summed E-state index contributed by atoms with van der Waals surface area (Å²) in [5, 5.41) is 13.5. The molecular formula is C26H23N7O2S. The van der Waals surface area contributed by atoms with Crippen LogP contribution in [0.15, 0.2) is 75.9 Å². The number of hydrogen-bond acceptors (Lipinski definition) is 8. The number of aromatic nitrogens is 7. The first-order valence-electron chi connectivity index (χ1n) is 11.6. The van der Waals surface area contributed by atoms with Crippen molar-refractivity contribution in [2.45, 2.75) is 32.1 Å². The van der Waals surface area contributed by atoms with Gasteiger partial charge in [0.25, 0.3) is 0 Å². The molecule has 0 radical (unpaired) electrons. The van der Waals surface area contributed by atoms with Crippen molar-refractivity contribution in [2.75, 3.05) is 0 Å². The predicted molar refractivity (Wildman–Crippen MR) is 133 cm³/mol. The molecule has 0 atom stereocenters. The Kier molecular flexibility index (Phi) is 6.24. The van der Waals surface area contributed by atoms with Gasteiger partial charge in [-0.2, -0.15) is 5.10 Å². The lowest BCUT2D eigenvalue weighted by molar-refractivity contribution is 0.413. The Morgan fingerprint density at radius 1 is 0.833 bits per heavy atom. The maximum Gasteiger partial charge on any atom is 0.198 e. The summed E-state index contributed by atoms with van der Waals surface area (Å²) in [6.45, 7) is 0. The van der Waals surface area contributed by atoms with Crippen LogP contribution in [0.4, 0.5) is 0 Å². The fourth-order valence-corrected chi connectivity index (χ4v) is 5.17. The first-order chi connectivity index (χ1) is 17.8. The third-order valence-corrected chi connectivity index (χ3v) is 6.97. The molecule has 6 aromatic heterocycles. The number of rotatable bonds is 10. The van der Waals surface area contributed by atoms with Crippen molar-refractivity contribution in [3.05, 3.63) is 123 Å². The van der Waals surface area contributed by atoms with E-state index >= 15 is 0 Å². The molecule has 6 rings (SSSR count). The smallest absolute Gasteiger partial charge is 0.198 e. The predicted octanol–water partition coefficient (Wildman–Crippen LogP) is 4.52. The SMILES string of the molecule is c1csc(Cc2c(Cc3ccn[nH]3)nc(Cc3ncc[nH]3)c(Cc3ccon3)c2Cc2ncco2)c1. The largest absolute Gasteiger partial charge is 0.449 e. The molecule has 6 heterocycles. The van der Waals surface area contributed by atoms with Gasteiger partial charge in [-0.1, -0.05) is 11.2 Å². The number of pyridine rings is 1. The van der Waals surface area contributed by atoms with Gasteiger partial charge in [-0.3, -0.25) is 10.1 Å². The zero-order chi connectivity index (χ0) is 24.2. The Bertz CT molecular complexity index is 1390. The van der Waals surface area contributed by atoms with Crippen molar-refractivity contribution in [1.29, 1.82) is 0 Å². The van der Waals surface area contributed by atoms with Gasteiger partial charge in [-0.05, 0) is 34.2 Å². The molecular weight excluding hydrogens is 474 g/mol. The van der Waals surface area contributed by atoms with Crippen LogP contribution in [0.25, 0.3) is 0 Å². The number of aromatic amines is 2. The zero-order valence-electron chi connectivity index (χ0n) is 19.3. The second-order valence-corrected chi connectivity index (χ2v) is 9.47. The van der Waals surface area contributed by atoms with Crippen molar-refractivity contribution in [1.82, 2.24) is 35.3 Å². The summed E-state index contributed by atoms with van der Waals surface area (Å²) in [5.41, 5.74) is 7.21. The van der Waals surface area contributed by atoms with Crippen LogP contribution in [0, 0.1) is 0 Å². The maximum atomic E-state index is 5.71. The van der Waals surface area contributed by atoms with Crippen molar-refractivity contribution < 1.29 is 8.94 Å². The number of thiophene rings is 1. The van der Waals surface area contributed by atoms with Gasteiger partial charge in [0.2, 0.25) is 0 Å². The van der Waals surface area contributed by atoms with Crippen molar-refractivity contribution >= 4 is 11.3 Å². The van der Waals surface area contributed by atoms with Gasteiger partial charge in [-0.25, -0.2) is 9.97 Å². The number of oxazole rings is 1. The van der Waals surface area contributed by atoms with Crippen LogP contribution in [0.1, 0.15) is 56.1 Å². The lowest BCUT2D eigenvalue weighted by Crippen LogP contribution is -2.15. The van der Waals surface area contributed by atoms with Crippen LogP contribution in [0.2, 0.25) is 0 Å². The lowest BCUT2D eigenvalue weighted by Gasteiger charge is -2.21. The molecule has 10 heteroatoms. The quantitative estimate of drug-likeness (QED) is 0.285. The van der Waals surface area contributed by atoms with E-state index in [2.05, 4.69) is 47.8 Å². The molecule has 0 aliphatic rings. The summed E-state index contributed by atoms with van der Waals surface area (Å²) < 4.78 is 10.9. The number of H-pyrrole nitrogens is 2. The summed E-state index contributed by atoms with van der Waals surface area (Å²) in [7, 11) is 0. The number of hydrogen-bond donors (Lipinski definition) is 2. The maximum absolute atomic E-state index is 5.71. The van der Waals surface area contributed by atoms with Crippen LogP contribution in [0.3, 0.4) is 0 Å². The monoisotopic (exact) mass is 497 g/mol. The minimum atomic E-state index is 0.546. The van der Waals surface area contributed by atoms with E-state index in [1.165, 1.54) is 10.4 Å². The van der Waals surface area contributed by atoms with Crippen LogP contribution in [0.5, 0.6) is 0 Å². The fourth-order valence-electron chi connectivity index (χ4n) is 4.46. The second kappa shape index (κ2) is 10.1. The summed E-state index contributed by atoms with van der Waals surface area (Å²) in [4.78, 5) is 18.7. The van der Waals surface area contributed by atoms with Crippen molar-refractivity contribution in [3.63, 3.8) is 0 Å². The third-order valence-electron chi connectivity index (χ3n) is 6.09. The van der Waals surface area contributed by atoms with E-state index < -0.39 is 0 Å². The van der Waals surface area contributed by atoms with Gasteiger partial charge in [0.15, 0.2) is 5.89 Å². The van der Waals surface area contributed by atoms with Crippen molar-refractivity contribution in [2.24, 2.45) is 0 Å². The van der Waals surface area contributed by atoms with E-state index in [-0.39, 0.29) is 0 Å². The zero-order valence-corrected chi connectivity index (χ0v) is 20.2. The average molecular weight is 498 g/mol. The third kappa shape index (κ3) is 4.89. The van der Waals surface area contributed by atoms with Crippen LogP contribution in [-0.4, -0.2) is 35.3 Å². The van der Waals surface area contributed by atoms with Gasteiger partial charge in [0.05, 0.1) is 29.7 Å². The van der Waals surface area contributed by atoms with Gasteiger partial charge in [0, 0.05) is 60.9 Å². The van der Waals surface area contributed by atoms with E-state index in [1.54, 1.807) is 42.5 Å². The molecule has 9 nitrogen and oxygen atoms in total. The Labute approximate surface area is 210 Å². The minimum absolute atomic E-state index is 0.546. The number of nitrogens with one attached hydrogen (secondary N) is 2. The Balaban J connectivity index is 1.56. The van der Waals surface area contributed by atoms with E-state index in [9.17, 15) is 0 Å². The van der Waals surface area contributed by atoms with Gasteiger partial charge in [-0.15, -0.1) is 11.3 Å². The summed E-state index contributed by atoms with van der Waals surface area (Å²) in [6, 6.07) is 8.12. The molecule has 0 saturated carbocycles. The highest BCUT2D eigenvalue weighted by molar-refractivity contribution is 7.09. The Hall–Kier alpha value is -4.31. The molecule has 0 aromatic carbocycles. The molecule has 2 N–H and O–H groups in total. The normalized spacial score (nSPS) is 11.3. The standard InChI is InChI=1S/C26H23N7O2S/c1-2-19(36-11-1)14-22-20(15-26-29-8-10-34-26)21(12-18-4-9-35-33-18)24(16-25-27-6-7-28-25)31-23(22)13-17-3-5-30-32-17/h1-11H,12-16H2,(H,27,28)(H,30,32). The molecule has 0 aliphatic heterocycles. The first kappa shape index (κ1) is 22.2. The molecule has 0 amide bonds.